The molecule has 2 heteroatoms. The molecule has 0 heterocycles. The van der Waals surface area contributed by atoms with E-state index in [9.17, 15) is 5.11 Å². The van der Waals surface area contributed by atoms with Crippen molar-refractivity contribution in [2.45, 2.75) is 39.2 Å². The van der Waals surface area contributed by atoms with Crippen LogP contribution < -0.4 is 4.74 Å². The van der Waals surface area contributed by atoms with E-state index in [4.69, 9.17) is 4.74 Å². The van der Waals surface area contributed by atoms with Gasteiger partial charge in [-0.3, -0.25) is 0 Å². The van der Waals surface area contributed by atoms with Crippen molar-refractivity contribution in [3.05, 3.63) is 29.3 Å². The van der Waals surface area contributed by atoms with Crippen molar-refractivity contribution in [1.29, 1.82) is 0 Å². The summed E-state index contributed by atoms with van der Waals surface area (Å²) in [6.45, 7) is 4.58. The van der Waals surface area contributed by atoms with Gasteiger partial charge < -0.3 is 9.84 Å². The highest BCUT2D eigenvalue weighted by atomic mass is 16.5. The van der Waals surface area contributed by atoms with E-state index >= 15 is 0 Å². The minimum atomic E-state index is -0.462. The molecule has 16 heavy (non-hydrogen) atoms. The fourth-order valence-corrected chi connectivity index (χ4v) is 1.87. The Kier molecular flexibility index (Phi) is 3.49. The van der Waals surface area contributed by atoms with Gasteiger partial charge in [-0.05, 0) is 38.3 Å². The average molecular weight is 220 g/mol. The number of hydrogen-bond donors (Lipinski definition) is 1. The number of ether oxygens (including phenoxy) is 1. The highest BCUT2D eigenvalue weighted by molar-refractivity contribution is 5.38. The van der Waals surface area contributed by atoms with Gasteiger partial charge in [0, 0.05) is 5.56 Å². The summed E-state index contributed by atoms with van der Waals surface area (Å²) in [5.74, 6) is 1.72. The number of aliphatic hydroxyl groups excluding tert-OH is 1. The van der Waals surface area contributed by atoms with Gasteiger partial charge in [0.2, 0.25) is 0 Å². The molecule has 1 aliphatic rings. The summed E-state index contributed by atoms with van der Waals surface area (Å²) in [5, 5.41) is 9.67. The van der Waals surface area contributed by atoms with Gasteiger partial charge in [-0.2, -0.15) is 0 Å². The van der Waals surface area contributed by atoms with Crippen LogP contribution in [0, 0.1) is 12.8 Å². The fraction of sp³-hybridized carbons (Fsp3) is 0.571. The van der Waals surface area contributed by atoms with Gasteiger partial charge in [0.05, 0.1) is 12.7 Å². The van der Waals surface area contributed by atoms with Crippen molar-refractivity contribution < 1.29 is 9.84 Å². The molecule has 0 aromatic heterocycles. The Bertz CT molecular complexity index is 354. The highest BCUT2D eigenvalue weighted by Crippen LogP contribution is 2.33. The van der Waals surface area contributed by atoms with Crippen LogP contribution in [0.5, 0.6) is 5.75 Å². The van der Waals surface area contributed by atoms with Crippen molar-refractivity contribution in [2.24, 2.45) is 5.92 Å². The van der Waals surface area contributed by atoms with E-state index in [1.165, 1.54) is 12.8 Å². The molecule has 0 aliphatic heterocycles. The predicted molar refractivity (Wildman–Crippen MR) is 64.6 cm³/mol. The van der Waals surface area contributed by atoms with Crippen LogP contribution in [-0.2, 0) is 0 Å². The molecule has 88 valence electrons. The first kappa shape index (κ1) is 11.5. The lowest BCUT2D eigenvalue weighted by molar-refractivity contribution is 0.190. The number of aryl methyl sites for hydroxylation is 1. The largest absolute Gasteiger partial charge is 0.493 e. The summed E-state index contributed by atoms with van der Waals surface area (Å²) in [4.78, 5) is 0. The van der Waals surface area contributed by atoms with E-state index in [2.05, 4.69) is 0 Å². The van der Waals surface area contributed by atoms with Crippen molar-refractivity contribution in [2.75, 3.05) is 6.61 Å². The second-order valence-corrected chi connectivity index (χ2v) is 4.80. The average Bonchev–Trinajstić information content (AvgIpc) is 3.04. The van der Waals surface area contributed by atoms with Gasteiger partial charge in [0.15, 0.2) is 0 Å². The minimum Gasteiger partial charge on any atom is -0.493 e. The molecule has 0 saturated heterocycles. The number of hydrogen-bond acceptors (Lipinski definition) is 2. The second-order valence-electron chi connectivity index (χ2n) is 4.80. The van der Waals surface area contributed by atoms with E-state index in [-0.39, 0.29) is 0 Å². The fourth-order valence-electron chi connectivity index (χ4n) is 1.87. The Balaban J connectivity index is 1.99. The van der Waals surface area contributed by atoms with E-state index < -0.39 is 6.10 Å². The topological polar surface area (TPSA) is 29.5 Å². The molecule has 1 aromatic carbocycles. The number of benzene rings is 1. The Hall–Kier alpha value is -1.02. The number of rotatable bonds is 5. The summed E-state index contributed by atoms with van der Waals surface area (Å²) in [6, 6.07) is 5.99. The third kappa shape index (κ3) is 2.99. The van der Waals surface area contributed by atoms with Crippen molar-refractivity contribution in [3.8, 4) is 5.75 Å². The van der Waals surface area contributed by atoms with Crippen LogP contribution in [0.2, 0.25) is 0 Å². The first-order valence-electron chi connectivity index (χ1n) is 6.08. The van der Waals surface area contributed by atoms with E-state index in [0.29, 0.717) is 0 Å². The molecule has 0 amide bonds. The highest BCUT2D eigenvalue weighted by Gasteiger charge is 2.21. The first-order chi connectivity index (χ1) is 7.66. The lowest BCUT2D eigenvalue weighted by Gasteiger charge is -2.14. The van der Waals surface area contributed by atoms with Crippen LogP contribution >= 0.6 is 0 Å². The molecule has 0 spiro atoms. The maximum Gasteiger partial charge on any atom is 0.125 e. The summed E-state index contributed by atoms with van der Waals surface area (Å²) in [7, 11) is 0. The Morgan fingerprint density at radius 2 is 2.19 bits per heavy atom. The maximum atomic E-state index is 9.67. The van der Waals surface area contributed by atoms with E-state index in [1.807, 2.05) is 25.1 Å². The van der Waals surface area contributed by atoms with Crippen LogP contribution in [0.15, 0.2) is 18.2 Å². The van der Waals surface area contributed by atoms with Crippen molar-refractivity contribution in [1.82, 2.24) is 0 Å². The smallest absolute Gasteiger partial charge is 0.125 e. The molecule has 1 atom stereocenters. The molecule has 2 nitrogen and oxygen atoms in total. The molecule has 1 aromatic rings. The molecule has 1 fully saturated rings. The summed E-state index contributed by atoms with van der Waals surface area (Å²) in [5.41, 5.74) is 2.06. The van der Waals surface area contributed by atoms with E-state index in [0.717, 1.165) is 35.8 Å². The normalized spacial score (nSPS) is 17.2. The maximum absolute atomic E-state index is 9.67. The SMILES string of the molecule is Cc1ccc(OCCC2CC2)c(C(C)O)c1. The molecular formula is C14H20O2. The monoisotopic (exact) mass is 220 g/mol. The van der Waals surface area contributed by atoms with Gasteiger partial charge >= 0.3 is 0 Å². The standard InChI is InChI=1S/C14H20O2/c1-10-3-6-14(13(9-10)11(2)15)16-8-7-12-4-5-12/h3,6,9,11-12,15H,4-5,7-8H2,1-2H3. The molecule has 0 bridgehead atoms. The van der Waals surface area contributed by atoms with Crippen molar-refractivity contribution in [3.63, 3.8) is 0 Å². The van der Waals surface area contributed by atoms with Crippen LogP contribution in [-0.4, -0.2) is 11.7 Å². The number of aliphatic hydroxyl groups is 1. The predicted octanol–water partition coefficient (Wildman–Crippen LogP) is 3.23. The first-order valence-corrected chi connectivity index (χ1v) is 6.08. The molecule has 1 N–H and O–H groups in total. The molecular weight excluding hydrogens is 200 g/mol. The zero-order chi connectivity index (χ0) is 11.5. The Morgan fingerprint density at radius 1 is 1.44 bits per heavy atom. The van der Waals surface area contributed by atoms with Crippen LogP contribution in [0.4, 0.5) is 0 Å². The summed E-state index contributed by atoms with van der Waals surface area (Å²) >= 11 is 0. The van der Waals surface area contributed by atoms with Crippen LogP contribution in [0.25, 0.3) is 0 Å². The quantitative estimate of drug-likeness (QED) is 0.825. The summed E-state index contributed by atoms with van der Waals surface area (Å²) < 4.78 is 5.74. The molecule has 0 radical (unpaired) electrons. The van der Waals surface area contributed by atoms with Gasteiger partial charge in [-0.1, -0.05) is 24.5 Å². The van der Waals surface area contributed by atoms with Gasteiger partial charge in [0.1, 0.15) is 5.75 Å². The van der Waals surface area contributed by atoms with Gasteiger partial charge in [0.25, 0.3) is 0 Å². The molecule has 2 rings (SSSR count). The molecule has 1 saturated carbocycles. The van der Waals surface area contributed by atoms with Crippen LogP contribution in [0.3, 0.4) is 0 Å². The summed E-state index contributed by atoms with van der Waals surface area (Å²) in [6.07, 6.45) is 3.41. The minimum absolute atomic E-state index is 0.462. The Labute approximate surface area is 97.3 Å². The third-order valence-electron chi connectivity index (χ3n) is 3.10. The second kappa shape index (κ2) is 4.88. The zero-order valence-electron chi connectivity index (χ0n) is 10.1. The lowest BCUT2D eigenvalue weighted by atomic mass is 10.1. The molecule has 1 unspecified atom stereocenters. The van der Waals surface area contributed by atoms with Gasteiger partial charge in [-0.15, -0.1) is 0 Å². The van der Waals surface area contributed by atoms with Crippen LogP contribution in [0.1, 0.15) is 43.4 Å². The van der Waals surface area contributed by atoms with Gasteiger partial charge in [-0.25, -0.2) is 0 Å². The van der Waals surface area contributed by atoms with Crippen molar-refractivity contribution >= 4 is 0 Å². The zero-order valence-corrected chi connectivity index (χ0v) is 10.1. The van der Waals surface area contributed by atoms with E-state index in [1.54, 1.807) is 6.92 Å². The lowest BCUT2D eigenvalue weighted by Crippen LogP contribution is -2.03. The third-order valence-corrected chi connectivity index (χ3v) is 3.10. The molecule has 1 aliphatic carbocycles. The Morgan fingerprint density at radius 3 is 2.81 bits per heavy atom.